The molecule has 0 spiro atoms. The first-order chi connectivity index (χ1) is 32.7. The van der Waals surface area contributed by atoms with Gasteiger partial charge in [-0.25, -0.2) is 15.0 Å². The highest BCUT2D eigenvalue weighted by atomic mass is 16.3. The van der Waals surface area contributed by atoms with Crippen molar-refractivity contribution in [3.8, 4) is 73.2 Å². The lowest BCUT2D eigenvalue weighted by Gasteiger charge is -2.11. The molecule has 308 valence electrons. The fourth-order valence-corrected chi connectivity index (χ4v) is 9.71. The molecule has 5 heteroatoms. The van der Waals surface area contributed by atoms with Gasteiger partial charge in [0, 0.05) is 49.3 Å². The smallest absolute Gasteiger partial charge is 0.164 e. The van der Waals surface area contributed by atoms with Crippen LogP contribution in [0.5, 0.6) is 0 Å². The van der Waals surface area contributed by atoms with Gasteiger partial charge in [0.2, 0.25) is 0 Å². The van der Waals surface area contributed by atoms with Gasteiger partial charge in [-0.1, -0.05) is 194 Å². The van der Waals surface area contributed by atoms with Gasteiger partial charge in [-0.3, -0.25) is 0 Å². The Kier molecular flexibility index (Phi) is 8.78. The van der Waals surface area contributed by atoms with Crippen molar-refractivity contribution in [1.82, 2.24) is 19.5 Å². The molecule has 10 aromatic carbocycles. The van der Waals surface area contributed by atoms with Crippen LogP contribution < -0.4 is 0 Å². The van der Waals surface area contributed by atoms with Gasteiger partial charge in [-0.2, -0.15) is 0 Å². The number of nitrogens with zero attached hydrogens (tertiary/aromatic N) is 4. The summed E-state index contributed by atoms with van der Waals surface area (Å²) in [7, 11) is 0. The minimum Gasteiger partial charge on any atom is -0.455 e. The lowest BCUT2D eigenvalue weighted by atomic mass is 9.92. The molecule has 0 bridgehead atoms. The van der Waals surface area contributed by atoms with E-state index in [0.717, 1.165) is 88.5 Å². The average Bonchev–Trinajstić information content (AvgIpc) is 3.95. The summed E-state index contributed by atoms with van der Waals surface area (Å²) in [5.41, 5.74) is 15.0. The number of benzene rings is 10. The molecule has 3 heterocycles. The molecule has 3 aromatic heterocycles. The predicted octanol–water partition coefficient (Wildman–Crippen LogP) is 16.0. The Morgan fingerprint density at radius 1 is 0.303 bits per heavy atom. The zero-order chi connectivity index (χ0) is 43.6. The number of furan rings is 1. The zero-order valence-corrected chi connectivity index (χ0v) is 35.6. The predicted molar refractivity (Wildman–Crippen MR) is 272 cm³/mol. The van der Waals surface area contributed by atoms with E-state index in [-0.39, 0.29) is 0 Å². The van der Waals surface area contributed by atoms with Crippen LogP contribution in [0.3, 0.4) is 0 Å². The standard InChI is InChI=1S/C61H38N4O/c1-3-14-43(15-4-1)59-62-60(44-16-5-2-6-17-44)64-61(63-59)45-32-28-40(29-33-45)39-26-30-42(31-27-39)52-38-53-57-47(22-13-25-56(57)66-58(53)51-21-8-7-18-48(51)52)41-34-36-46(37-35-41)65-54-23-11-9-19-49(54)50-20-10-12-24-55(50)65/h1-38H. The van der Waals surface area contributed by atoms with Crippen LogP contribution in [-0.4, -0.2) is 19.5 Å². The van der Waals surface area contributed by atoms with E-state index < -0.39 is 0 Å². The van der Waals surface area contributed by atoms with Gasteiger partial charge in [-0.15, -0.1) is 0 Å². The minimum absolute atomic E-state index is 0.637. The first-order valence-corrected chi connectivity index (χ1v) is 22.3. The third-order valence-corrected chi connectivity index (χ3v) is 12.9. The SMILES string of the molecule is c1ccc(-c2nc(-c3ccccc3)nc(-c3ccc(-c4ccc(-c5cc6c(oc7cccc(-c8ccc(-n9c%10ccccc%10c%10ccccc%109)cc8)c76)c6ccccc56)cc4)cc3)n2)cc1. The minimum atomic E-state index is 0.637. The van der Waals surface area contributed by atoms with Gasteiger partial charge >= 0.3 is 0 Å². The number of hydrogen-bond donors (Lipinski definition) is 0. The van der Waals surface area contributed by atoms with Crippen LogP contribution in [0, 0.1) is 0 Å². The van der Waals surface area contributed by atoms with Gasteiger partial charge in [0.15, 0.2) is 17.5 Å². The van der Waals surface area contributed by atoms with E-state index in [4.69, 9.17) is 19.4 Å². The Labute approximate surface area is 380 Å². The van der Waals surface area contributed by atoms with Crippen molar-refractivity contribution in [2.75, 3.05) is 0 Å². The topological polar surface area (TPSA) is 56.7 Å². The molecular weight excluding hydrogens is 805 g/mol. The summed E-state index contributed by atoms with van der Waals surface area (Å²) in [4.78, 5) is 14.7. The van der Waals surface area contributed by atoms with E-state index in [1.807, 2.05) is 60.7 Å². The zero-order valence-electron chi connectivity index (χ0n) is 35.6. The molecule has 0 fully saturated rings. The lowest BCUT2D eigenvalue weighted by molar-refractivity contribution is 0.673. The summed E-state index contributed by atoms with van der Waals surface area (Å²) in [6, 6.07) is 81.1. The monoisotopic (exact) mass is 842 g/mol. The Balaban J connectivity index is 0.858. The van der Waals surface area contributed by atoms with E-state index >= 15 is 0 Å². The van der Waals surface area contributed by atoms with Crippen LogP contribution in [0.1, 0.15) is 0 Å². The molecule has 13 rings (SSSR count). The molecule has 0 aliphatic carbocycles. The summed E-state index contributed by atoms with van der Waals surface area (Å²) < 4.78 is 9.12. The molecule has 13 aromatic rings. The number of fused-ring (bicyclic) bond motifs is 8. The van der Waals surface area contributed by atoms with Crippen LogP contribution in [-0.2, 0) is 0 Å². The van der Waals surface area contributed by atoms with Crippen molar-refractivity contribution in [3.63, 3.8) is 0 Å². The summed E-state index contributed by atoms with van der Waals surface area (Å²) in [6.07, 6.45) is 0. The summed E-state index contributed by atoms with van der Waals surface area (Å²) in [5, 5.41) is 6.98. The molecule has 0 aliphatic rings. The summed E-state index contributed by atoms with van der Waals surface area (Å²) in [6.45, 7) is 0. The van der Waals surface area contributed by atoms with Gasteiger partial charge in [0.05, 0.1) is 11.0 Å². The quantitative estimate of drug-likeness (QED) is 0.160. The van der Waals surface area contributed by atoms with Gasteiger partial charge in [-0.05, 0) is 75.2 Å². The van der Waals surface area contributed by atoms with Crippen LogP contribution in [0.25, 0.3) is 128 Å². The van der Waals surface area contributed by atoms with Gasteiger partial charge in [0.25, 0.3) is 0 Å². The van der Waals surface area contributed by atoms with Gasteiger partial charge < -0.3 is 8.98 Å². The first-order valence-electron chi connectivity index (χ1n) is 22.3. The van der Waals surface area contributed by atoms with Crippen molar-refractivity contribution in [3.05, 3.63) is 231 Å². The number of hydrogen-bond acceptors (Lipinski definition) is 4. The second kappa shape index (κ2) is 15.4. The van der Waals surface area contributed by atoms with Crippen molar-refractivity contribution in [1.29, 1.82) is 0 Å². The molecule has 0 radical (unpaired) electrons. The molecule has 0 amide bonds. The van der Waals surface area contributed by atoms with E-state index in [0.29, 0.717) is 17.5 Å². The number of aromatic nitrogens is 4. The lowest BCUT2D eigenvalue weighted by Crippen LogP contribution is -2.00. The fourth-order valence-electron chi connectivity index (χ4n) is 9.71. The number of para-hydroxylation sites is 2. The van der Waals surface area contributed by atoms with E-state index in [1.165, 1.54) is 21.8 Å². The van der Waals surface area contributed by atoms with Gasteiger partial charge in [0.1, 0.15) is 11.2 Å². The summed E-state index contributed by atoms with van der Waals surface area (Å²) >= 11 is 0. The largest absolute Gasteiger partial charge is 0.455 e. The molecule has 0 unspecified atom stereocenters. The third kappa shape index (κ3) is 6.28. The molecule has 66 heavy (non-hydrogen) atoms. The van der Waals surface area contributed by atoms with E-state index in [9.17, 15) is 0 Å². The van der Waals surface area contributed by atoms with Crippen molar-refractivity contribution in [2.45, 2.75) is 0 Å². The molecule has 0 saturated heterocycles. The van der Waals surface area contributed by atoms with Crippen molar-refractivity contribution < 1.29 is 4.42 Å². The van der Waals surface area contributed by atoms with Crippen LogP contribution >= 0.6 is 0 Å². The second-order valence-electron chi connectivity index (χ2n) is 16.7. The number of rotatable bonds is 7. The molecule has 0 saturated carbocycles. The highest BCUT2D eigenvalue weighted by Crippen LogP contribution is 2.44. The molecule has 0 N–H and O–H groups in total. The van der Waals surface area contributed by atoms with E-state index in [2.05, 4.69) is 174 Å². The Morgan fingerprint density at radius 3 is 1.32 bits per heavy atom. The van der Waals surface area contributed by atoms with Crippen LogP contribution in [0.4, 0.5) is 0 Å². The third-order valence-electron chi connectivity index (χ3n) is 12.9. The van der Waals surface area contributed by atoms with Crippen LogP contribution in [0.2, 0.25) is 0 Å². The molecule has 5 nitrogen and oxygen atoms in total. The Bertz CT molecular complexity index is 3840. The highest BCUT2D eigenvalue weighted by Gasteiger charge is 2.19. The summed E-state index contributed by atoms with van der Waals surface area (Å²) in [5.74, 6) is 1.93. The van der Waals surface area contributed by atoms with Crippen molar-refractivity contribution in [2.24, 2.45) is 0 Å². The maximum Gasteiger partial charge on any atom is 0.164 e. The molecule has 0 atom stereocenters. The first kappa shape index (κ1) is 37.6. The Hall–Kier alpha value is -8.93. The van der Waals surface area contributed by atoms with Crippen LogP contribution in [0.15, 0.2) is 235 Å². The Morgan fingerprint density at radius 2 is 0.742 bits per heavy atom. The second-order valence-corrected chi connectivity index (χ2v) is 16.7. The average molecular weight is 843 g/mol. The van der Waals surface area contributed by atoms with E-state index in [1.54, 1.807) is 0 Å². The molecular formula is C61H38N4O. The van der Waals surface area contributed by atoms with Crippen molar-refractivity contribution >= 4 is 54.5 Å². The fraction of sp³-hybridized carbons (Fsp3) is 0. The maximum absolute atomic E-state index is 6.76. The normalized spacial score (nSPS) is 11.6. The highest BCUT2D eigenvalue weighted by molar-refractivity contribution is 6.22. The molecule has 0 aliphatic heterocycles. The maximum atomic E-state index is 6.76.